The van der Waals surface area contributed by atoms with Crippen molar-refractivity contribution in [3.63, 3.8) is 0 Å². The van der Waals surface area contributed by atoms with Crippen LogP contribution in [0.3, 0.4) is 0 Å². The van der Waals surface area contributed by atoms with Crippen molar-refractivity contribution in [3.05, 3.63) is 12.2 Å². The van der Waals surface area contributed by atoms with E-state index in [0.29, 0.717) is 12.0 Å². The molecule has 0 radical (unpaired) electrons. The van der Waals surface area contributed by atoms with Crippen molar-refractivity contribution in [2.75, 3.05) is 13.6 Å². The van der Waals surface area contributed by atoms with E-state index in [1.54, 1.807) is 13.4 Å². The summed E-state index contributed by atoms with van der Waals surface area (Å²) in [6, 6.07) is 0.318. The molecule has 3 rings (SSSR count). The highest BCUT2D eigenvalue weighted by Crippen LogP contribution is 2.24. The molecule has 1 aromatic rings. The highest BCUT2D eigenvalue weighted by Gasteiger charge is 2.25. The molecule has 124 valence electrons. The zero-order valence-corrected chi connectivity index (χ0v) is 15.2. The van der Waals surface area contributed by atoms with Crippen LogP contribution in [0.15, 0.2) is 11.3 Å². The zero-order chi connectivity index (χ0) is 14.7. The van der Waals surface area contributed by atoms with Crippen LogP contribution in [-0.4, -0.2) is 51.6 Å². The molecule has 3 atom stereocenters. The summed E-state index contributed by atoms with van der Waals surface area (Å²) >= 11 is 0. The third-order valence-electron chi connectivity index (χ3n) is 4.52. The van der Waals surface area contributed by atoms with E-state index in [9.17, 15) is 5.11 Å². The van der Waals surface area contributed by atoms with Gasteiger partial charge in [-0.05, 0) is 19.3 Å². The maximum Gasteiger partial charge on any atom is 0.191 e. The lowest BCUT2D eigenvalue weighted by atomic mass is 10.1. The first kappa shape index (κ1) is 17.5. The molecule has 22 heavy (non-hydrogen) atoms. The van der Waals surface area contributed by atoms with Gasteiger partial charge in [0.1, 0.15) is 12.2 Å². The molecule has 0 bridgehead atoms. The third kappa shape index (κ3) is 4.09. The number of fused-ring (bicyclic) bond motifs is 1. The number of aromatic nitrogens is 3. The van der Waals surface area contributed by atoms with Crippen LogP contribution in [0.2, 0.25) is 0 Å². The smallest absolute Gasteiger partial charge is 0.191 e. The molecule has 0 amide bonds. The fraction of sp³-hybridized carbons (Fsp3) is 0.786. The Bertz CT molecular complexity index is 505. The number of halogens is 1. The number of nitrogens with zero attached hydrogens (tertiary/aromatic N) is 4. The third-order valence-corrected chi connectivity index (χ3v) is 4.52. The summed E-state index contributed by atoms with van der Waals surface area (Å²) in [7, 11) is 1.78. The molecule has 0 spiro atoms. The van der Waals surface area contributed by atoms with E-state index < -0.39 is 0 Å². The van der Waals surface area contributed by atoms with Crippen molar-refractivity contribution in [1.29, 1.82) is 0 Å². The lowest BCUT2D eigenvalue weighted by Gasteiger charge is -2.26. The van der Waals surface area contributed by atoms with Crippen LogP contribution in [0.5, 0.6) is 0 Å². The Kier molecular flexibility index (Phi) is 6.42. The monoisotopic (exact) mass is 420 g/mol. The summed E-state index contributed by atoms with van der Waals surface area (Å²) in [6.45, 7) is 1.60. The minimum absolute atomic E-state index is 0. The van der Waals surface area contributed by atoms with Gasteiger partial charge in [0, 0.05) is 32.0 Å². The Hall–Kier alpha value is -0.900. The van der Waals surface area contributed by atoms with Gasteiger partial charge in [-0.25, -0.2) is 9.67 Å². The van der Waals surface area contributed by atoms with Crippen molar-refractivity contribution < 1.29 is 5.11 Å². The van der Waals surface area contributed by atoms with Crippen molar-refractivity contribution >= 4 is 29.9 Å². The van der Waals surface area contributed by atoms with Gasteiger partial charge in [-0.1, -0.05) is 6.42 Å². The number of hydrogen-bond donors (Lipinski definition) is 3. The molecule has 8 heteroatoms. The summed E-state index contributed by atoms with van der Waals surface area (Å²) in [5.41, 5.74) is 0. The first-order valence-corrected chi connectivity index (χ1v) is 7.78. The molecule has 2 aliphatic rings. The van der Waals surface area contributed by atoms with Gasteiger partial charge in [0.15, 0.2) is 5.96 Å². The molecule has 0 saturated heterocycles. The van der Waals surface area contributed by atoms with Crippen molar-refractivity contribution in [2.24, 2.45) is 10.9 Å². The normalized spacial score (nSPS) is 27.9. The van der Waals surface area contributed by atoms with Crippen LogP contribution in [0.1, 0.15) is 31.5 Å². The molecule has 7 nitrogen and oxygen atoms in total. The highest BCUT2D eigenvalue weighted by atomic mass is 127. The largest absolute Gasteiger partial charge is 0.393 e. The summed E-state index contributed by atoms with van der Waals surface area (Å²) in [4.78, 5) is 8.52. The van der Waals surface area contributed by atoms with E-state index in [1.165, 1.54) is 0 Å². The fourth-order valence-corrected chi connectivity index (χ4v) is 3.23. The molecular formula is C14H25IN6O. The number of aliphatic hydroxyl groups excluding tert-OH is 1. The second-order valence-corrected chi connectivity index (χ2v) is 5.95. The second-order valence-electron chi connectivity index (χ2n) is 5.95. The Morgan fingerprint density at radius 1 is 1.45 bits per heavy atom. The van der Waals surface area contributed by atoms with Gasteiger partial charge in [0.25, 0.3) is 0 Å². The van der Waals surface area contributed by atoms with Gasteiger partial charge < -0.3 is 15.7 Å². The van der Waals surface area contributed by atoms with Gasteiger partial charge in [-0.15, -0.1) is 24.0 Å². The molecule has 3 N–H and O–H groups in total. The van der Waals surface area contributed by atoms with Crippen LogP contribution in [0, 0.1) is 5.92 Å². The standard InChI is InChI=1S/C14H24N6O.HI/c1-15-14(16-7-10-3-2-4-12(10)21)19-11-5-6-13-17-9-18-20(13)8-11;/h9-12,21H,2-8H2,1H3,(H2,15,16,19);1H. The maximum atomic E-state index is 9.86. The quantitative estimate of drug-likeness (QED) is 0.378. The average molecular weight is 420 g/mol. The van der Waals surface area contributed by atoms with E-state index >= 15 is 0 Å². The number of aliphatic hydroxyl groups is 1. The molecule has 1 fully saturated rings. The van der Waals surface area contributed by atoms with E-state index in [0.717, 1.165) is 57.0 Å². The van der Waals surface area contributed by atoms with Gasteiger partial charge in [-0.2, -0.15) is 5.10 Å². The summed E-state index contributed by atoms with van der Waals surface area (Å²) in [5.74, 6) is 2.21. The topological polar surface area (TPSA) is 87.4 Å². The molecule has 1 aliphatic carbocycles. The zero-order valence-electron chi connectivity index (χ0n) is 12.9. The van der Waals surface area contributed by atoms with Crippen LogP contribution < -0.4 is 10.6 Å². The second kappa shape index (κ2) is 8.09. The first-order valence-electron chi connectivity index (χ1n) is 7.78. The number of rotatable bonds is 3. The van der Waals surface area contributed by atoms with Crippen molar-refractivity contribution in [2.45, 2.75) is 50.8 Å². The lowest BCUT2D eigenvalue weighted by molar-refractivity contribution is 0.134. The van der Waals surface area contributed by atoms with Crippen molar-refractivity contribution in [1.82, 2.24) is 25.4 Å². The number of aliphatic imine (C=N–C) groups is 1. The fourth-order valence-electron chi connectivity index (χ4n) is 3.23. The number of aryl methyl sites for hydroxylation is 1. The molecule has 1 aromatic heterocycles. The summed E-state index contributed by atoms with van der Waals surface area (Å²) < 4.78 is 1.95. The van der Waals surface area contributed by atoms with Crippen LogP contribution >= 0.6 is 24.0 Å². The van der Waals surface area contributed by atoms with Crippen LogP contribution in [0.25, 0.3) is 0 Å². The van der Waals surface area contributed by atoms with E-state index in [4.69, 9.17) is 0 Å². The Balaban J connectivity index is 0.00000176. The highest BCUT2D eigenvalue weighted by molar-refractivity contribution is 14.0. The minimum atomic E-state index is -0.164. The SMILES string of the molecule is CN=C(NCC1CCCC1O)NC1CCc2ncnn2C1.I. The number of nitrogens with one attached hydrogen (secondary N) is 2. The van der Waals surface area contributed by atoms with Crippen molar-refractivity contribution in [3.8, 4) is 0 Å². The van der Waals surface area contributed by atoms with E-state index in [-0.39, 0.29) is 30.1 Å². The van der Waals surface area contributed by atoms with Gasteiger partial charge in [-0.3, -0.25) is 4.99 Å². The van der Waals surface area contributed by atoms with Crippen LogP contribution in [0.4, 0.5) is 0 Å². The molecule has 3 unspecified atom stereocenters. The molecule has 2 heterocycles. The summed E-state index contributed by atoms with van der Waals surface area (Å²) in [6.07, 6.45) is 6.57. The molecule has 1 saturated carbocycles. The van der Waals surface area contributed by atoms with Gasteiger partial charge in [0.05, 0.1) is 12.6 Å². The van der Waals surface area contributed by atoms with Gasteiger partial charge >= 0.3 is 0 Å². The Labute approximate surface area is 148 Å². The lowest BCUT2D eigenvalue weighted by Crippen LogP contribution is -2.48. The van der Waals surface area contributed by atoms with E-state index in [2.05, 4.69) is 25.7 Å². The maximum absolute atomic E-state index is 9.86. The molecule has 1 aliphatic heterocycles. The Morgan fingerprint density at radius 2 is 2.32 bits per heavy atom. The number of guanidine groups is 1. The molecular weight excluding hydrogens is 395 g/mol. The van der Waals surface area contributed by atoms with E-state index in [1.807, 2.05) is 4.68 Å². The minimum Gasteiger partial charge on any atom is -0.393 e. The van der Waals surface area contributed by atoms with Gasteiger partial charge in [0.2, 0.25) is 0 Å². The average Bonchev–Trinajstić information content (AvgIpc) is 3.11. The Morgan fingerprint density at radius 3 is 3.05 bits per heavy atom. The number of hydrogen-bond acceptors (Lipinski definition) is 4. The predicted octanol–water partition coefficient (Wildman–Crippen LogP) is 0.537. The first-order chi connectivity index (χ1) is 10.3. The molecule has 0 aromatic carbocycles. The van der Waals surface area contributed by atoms with Crippen LogP contribution in [-0.2, 0) is 13.0 Å². The predicted molar refractivity (Wildman–Crippen MR) is 95.4 cm³/mol. The summed E-state index contributed by atoms with van der Waals surface area (Å²) in [5, 5.41) is 20.9.